The monoisotopic (exact) mass is 290 g/mol. The van der Waals surface area contributed by atoms with Crippen LogP contribution in [0, 0.1) is 11.8 Å². The minimum absolute atomic E-state index is 0.0284. The molecule has 0 radical (unpaired) electrons. The lowest BCUT2D eigenvalue weighted by Gasteiger charge is -2.05. The van der Waals surface area contributed by atoms with Crippen LogP contribution in [0.3, 0.4) is 0 Å². The number of nitrogens with one attached hydrogen (secondary N) is 1. The van der Waals surface area contributed by atoms with Gasteiger partial charge in [0.15, 0.2) is 0 Å². The summed E-state index contributed by atoms with van der Waals surface area (Å²) < 4.78 is 26.4. The van der Waals surface area contributed by atoms with Crippen LogP contribution < -0.4 is 4.72 Å². The second-order valence-electron chi connectivity index (χ2n) is 3.55. The Hall–Kier alpha value is -2.50. The van der Waals surface area contributed by atoms with E-state index < -0.39 is 10.0 Å². The molecule has 102 valence electrons. The summed E-state index contributed by atoms with van der Waals surface area (Å²) in [6.45, 7) is -0.312. The van der Waals surface area contributed by atoms with Crippen molar-refractivity contribution >= 4 is 16.0 Å². The lowest BCUT2D eigenvalue weighted by atomic mass is 10.3. The van der Waals surface area contributed by atoms with Crippen LogP contribution in [-0.2, 0) is 10.0 Å². The van der Waals surface area contributed by atoms with Gasteiger partial charge in [0.05, 0.1) is 0 Å². The topological polar surface area (TPSA) is 105 Å². The first kappa shape index (κ1) is 13.9. The van der Waals surface area contributed by atoms with Crippen molar-refractivity contribution in [3.8, 4) is 11.8 Å². The predicted molar refractivity (Wildman–Crippen MR) is 71.0 cm³/mol. The van der Waals surface area contributed by atoms with E-state index in [9.17, 15) is 8.42 Å². The Labute approximate surface area is 115 Å². The van der Waals surface area contributed by atoms with E-state index in [2.05, 4.69) is 31.5 Å². The average Bonchev–Trinajstić information content (AvgIpc) is 2.46. The molecule has 0 atom stereocenters. The number of aliphatic hydroxyl groups is 1. The van der Waals surface area contributed by atoms with Crippen molar-refractivity contribution in [3.63, 3.8) is 0 Å². The number of nitrogens with zero attached hydrogens (tertiary/aromatic N) is 3. The van der Waals surface area contributed by atoms with Crippen LogP contribution >= 0.6 is 0 Å². The van der Waals surface area contributed by atoms with Crippen LogP contribution in [0.2, 0.25) is 0 Å². The molecule has 0 unspecified atom stereocenters. The number of aliphatic hydroxyl groups excluding tert-OH is 1. The number of rotatable bonds is 3. The van der Waals surface area contributed by atoms with E-state index in [-0.39, 0.29) is 17.5 Å². The quantitative estimate of drug-likeness (QED) is 0.772. The summed E-state index contributed by atoms with van der Waals surface area (Å²) in [7, 11) is -3.83. The highest BCUT2D eigenvalue weighted by Crippen LogP contribution is 2.12. The van der Waals surface area contributed by atoms with Gasteiger partial charge in [-0.25, -0.2) is 23.1 Å². The highest BCUT2D eigenvalue weighted by Gasteiger charge is 2.16. The van der Waals surface area contributed by atoms with Gasteiger partial charge < -0.3 is 5.11 Å². The van der Waals surface area contributed by atoms with Crippen LogP contribution in [0.1, 0.15) is 5.56 Å². The Bertz CT molecular complexity index is 751. The summed E-state index contributed by atoms with van der Waals surface area (Å²) in [6, 6.07) is 2.92. The van der Waals surface area contributed by atoms with Gasteiger partial charge in [0.1, 0.15) is 11.5 Å². The third-order valence-corrected chi connectivity index (χ3v) is 3.42. The Morgan fingerprint density at radius 2 is 2.00 bits per heavy atom. The number of aromatic nitrogens is 3. The Balaban J connectivity index is 2.30. The lowest BCUT2D eigenvalue weighted by molar-refractivity contribution is 0.350. The van der Waals surface area contributed by atoms with Crippen LogP contribution in [0.5, 0.6) is 0 Å². The van der Waals surface area contributed by atoms with Crippen molar-refractivity contribution in [1.82, 2.24) is 15.0 Å². The predicted octanol–water partition coefficient (Wildman–Crippen LogP) is 0.0162. The largest absolute Gasteiger partial charge is 0.384 e. The van der Waals surface area contributed by atoms with E-state index in [0.29, 0.717) is 5.56 Å². The Kier molecular flexibility index (Phi) is 4.24. The highest BCUT2D eigenvalue weighted by atomic mass is 32.2. The van der Waals surface area contributed by atoms with Gasteiger partial charge >= 0.3 is 0 Å². The fraction of sp³-hybridized carbons (Fsp3) is 0.0833. The molecule has 0 spiro atoms. The molecule has 0 amide bonds. The summed E-state index contributed by atoms with van der Waals surface area (Å²) in [4.78, 5) is 11.3. The van der Waals surface area contributed by atoms with Crippen LogP contribution in [0.4, 0.5) is 5.95 Å². The van der Waals surface area contributed by atoms with Crippen molar-refractivity contribution in [2.75, 3.05) is 11.3 Å². The normalized spacial score (nSPS) is 10.4. The molecule has 2 N–H and O–H groups in total. The van der Waals surface area contributed by atoms with Gasteiger partial charge in [-0.15, -0.1) is 0 Å². The molecule has 2 heterocycles. The first-order valence-corrected chi connectivity index (χ1v) is 6.95. The standard InChI is InChI=1S/C12H10N4O3S/c17-6-1-3-10-7-11(9-13-8-10)20(18,19)16-12-14-4-2-5-15-12/h2,4-5,7-9,17H,6H2,(H,14,15,16). The summed E-state index contributed by atoms with van der Waals surface area (Å²) in [6.07, 6.45) is 5.44. The summed E-state index contributed by atoms with van der Waals surface area (Å²) >= 11 is 0. The molecular formula is C12H10N4O3S. The number of hydrogen-bond acceptors (Lipinski definition) is 6. The molecule has 0 aliphatic rings. The molecule has 0 aromatic carbocycles. The van der Waals surface area contributed by atoms with Crippen molar-refractivity contribution in [3.05, 3.63) is 42.5 Å². The third-order valence-electron chi connectivity index (χ3n) is 2.13. The number of anilines is 1. The maximum absolute atomic E-state index is 12.1. The maximum Gasteiger partial charge on any atom is 0.265 e. The van der Waals surface area contributed by atoms with Crippen LogP contribution in [0.25, 0.3) is 0 Å². The molecule has 0 aliphatic heterocycles. The van der Waals surface area contributed by atoms with E-state index in [0.717, 1.165) is 0 Å². The molecule has 7 nitrogen and oxygen atoms in total. The molecule has 2 aromatic heterocycles. The Morgan fingerprint density at radius 1 is 1.25 bits per heavy atom. The van der Waals surface area contributed by atoms with Gasteiger partial charge in [-0.1, -0.05) is 11.8 Å². The zero-order valence-electron chi connectivity index (χ0n) is 10.2. The van der Waals surface area contributed by atoms with Crippen LogP contribution in [0.15, 0.2) is 41.8 Å². The van der Waals surface area contributed by atoms with Gasteiger partial charge in [-0.05, 0) is 12.1 Å². The van der Waals surface area contributed by atoms with E-state index >= 15 is 0 Å². The fourth-order valence-electron chi connectivity index (χ4n) is 1.31. The zero-order chi connectivity index (χ0) is 14.4. The summed E-state index contributed by atoms with van der Waals surface area (Å²) in [5, 5.41) is 8.61. The van der Waals surface area contributed by atoms with Gasteiger partial charge in [-0.3, -0.25) is 4.98 Å². The minimum atomic E-state index is -3.83. The second-order valence-corrected chi connectivity index (χ2v) is 5.23. The smallest absolute Gasteiger partial charge is 0.265 e. The molecule has 0 aliphatic carbocycles. The zero-order valence-corrected chi connectivity index (χ0v) is 11.0. The number of hydrogen-bond donors (Lipinski definition) is 2. The second kappa shape index (κ2) is 6.10. The Morgan fingerprint density at radius 3 is 2.70 bits per heavy atom. The maximum atomic E-state index is 12.1. The highest BCUT2D eigenvalue weighted by molar-refractivity contribution is 7.92. The van der Waals surface area contributed by atoms with Crippen molar-refractivity contribution in [1.29, 1.82) is 0 Å². The number of sulfonamides is 1. The van der Waals surface area contributed by atoms with Crippen molar-refractivity contribution < 1.29 is 13.5 Å². The SMILES string of the molecule is O=S(=O)(Nc1ncccn1)c1cncc(C#CCO)c1. The summed E-state index contributed by atoms with van der Waals surface area (Å²) in [5.41, 5.74) is 0.385. The van der Waals surface area contributed by atoms with E-state index in [1.165, 1.54) is 30.9 Å². The van der Waals surface area contributed by atoms with Gasteiger partial charge in [0.2, 0.25) is 5.95 Å². The van der Waals surface area contributed by atoms with E-state index in [4.69, 9.17) is 5.11 Å². The molecule has 0 bridgehead atoms. The van der Waals surface area contributed by atoms with Crippen molar-refractivity contribution in [2.45, 2.75) is 4.90 Å². The molecule has 2 rings (SSSR count). The first-order chi connectivity index (χ1) is 9.62. The van der Waals surface area contributed by atoms with E-state index in [1.54, 1.807) is 6.07 Å². The van der Waals surface area contributed by atoms with E-state index in [1.807, 2.05) is 0 Å². The minimum Gasteiger partial charge on any atom is -0.384 e. The molecular weight excluding hydrogens is 280 g/mol. The molecule has 8 heteroatoms. The van der Waals surface area contributed by atoms with Crippen molar-refractivity contribution in [2.24, 2.45) is 0 Å². The van der Waals surface area contributed by atoms with Gasteiger partial charge in [0.25, 0.3) is 10.0 Å². The molecule has 0 saturated heterocycles. The lowest BCUT2D eigenvalue weighted by Crippen LogP contribution is -2.15. The molecule has 20 heavy (non-hydrogen) atoms. The van der Waals surface area contributed by atoms with Gasteiger partial charge in [0, 0.05) is 30.4 Å². The number of pyridine rings is 1. The molecule has 0 saturated carbocycles. The molecule has 0 fully saturated rings. The van der Waals surface area contributed by atoms with Crippen LogP contribution in [-0.4, -0.2) is 35.1 Å². The first-order valence-electron chi connectivity index (χ1n) is 5.46. The summed E-state index contributed by atoms with van der Waals surface area (Å²) in [5.74, 6) is 4.97. The third kappa shape index (κ3) is 3.50. The average molecular weight is 290 g/mol. The fourth-order valence-corrected chi connectivity index (χ4v) is 2.25. The van der Waals surface area contributed by atoms with Gasteiger partial charge in [-0.2, -0.15) is 0 Å². The molecule has 2 aromatic rings.